The molecule has 1 rings (SSSR count). The summed E-state index contributed by atoms with van der Waals surface area (Å²) in [5, 5.41) is 0. The summed E-state index contributed by atoms with van der Waals surface area (Å²) in [6.07, 6.45) is 2.15. The van der Waals surface area contributed by atoms with E-state index < -0.39 is 6.04 Å². The maximum Gasteiger partial charge on any atom is 0.179 e. The van der Waals surface area contributed by atoms with Crippen molar-refractivity contribution in [2.45, 2.75) is 32.7 Å². The van der Waals surface area contributed by atoms with Gasteiger partial charge in [-0.15, -0.1) is 0 Å². The van der Waals surface area contributed by atoms with Gasteiger partial charge in [-0.05, 0) is 37.6 Å². The molecule has 0 aliphatic carbocycles. The lowest BCUT2D eigenvalue weighted by Gasteiger charge is -2.07. The van der Waals surface area contributed by atoms with Crippen molar-refractivity contribution in [1.29, 1.82) is 0 Å². The number of hydrogen-bond donors (Lipinski definition) is 1. The first-order valence-corrected chi connectivity index (χ1v) is 5.67. The number of carbonyl (C=O) groups excluding carboxylic acids is 1. The van der Waals surface area contributed by atoms with E-state index in [9.17, 15) is 4.79 Å². The van der Waals surface area contributed by atoms with Crippen molar-refractivity contribution in [1.82, 2.24) is 0 Å². The van der Waals surface area contributed by atoms with E-state index in [2.05, 4.69) is 6.92 Å². The summed E-state index contributed by atoms with van der Waals surface area (Å²) >= 11 is 0. The van der Waals surface area contributed by atoms with Crippen LogP contribution in [0.4, 0.5) is 0 Å². The average Bonchev–Trinajstić information content (AvgIpc) is 2.29. The minimum Gasteiger partial charge on any atom is -0.494 e. The first-order valence-electron chi connectivity index (χ1n) is 5.67. The van der Waals surface area contributed by atoms with E-state index in [-0.39, 0.29) is 5.78 Å². The van der Waals surface area contributed by atoms with Gasteiger partial charge >= 0.3 is 0 Å². The standard InChI is InChI=1S/C13H19NO2/c1-3-4-9-16-12-7-5-11(6-8-12)13(15)10(2)14/h5-8,10H,3-4,9,14H2,1-2H3. The fourth-order valence-corrected chi connectivity index (χ4v) is 1.31. The predicted molar refractivity (Wildman–Crippen MR) is 64.8 cm³/mol. The fraction of sp³-hybridized carbons (Fsp3) is 0.462. The molecule has 3 heteroatoms. The summed E-state index contributed by atoms with van der Waals surface area (Å²) in [4.78, 5) is 11.6. The van der Waals surface area contributed by atoms with Crippen LogP contribution in [0.25, 0.3) is 0 Å². The summed E-state index contributed by atoms with van der Waals surface area (Å²) in [7, 11) is 0. The number of rotatable bonds is 6. The first-order chi connectivity index (χ1) is 7.65. The Morgan fingerprint density at radius 2 is 2.00 bits per heavy atom. The Balaban J connectivity index is 2.57. The Hall–Kier alpha value is -1.35. The van der Waals surface area contributed by atoms with Gasteiger partial charge in [0.1, 0.15) is 5.75 Å². The van der Waals surface area contributed by atoms with Crippen LogP contribution in [-0.4, -0.2) is 18.4 Å². The fourth-order valence-electron chi connectivity index (χ4n) is 1.31. The van der Waals surface area contributed by atoms with E-state index in [1.165, 1.54) is 0 Å². The van der Waals surface area contributed by atoms with Gasteiger partial charge in [0, 0.05) is 5.56 Å². The maximum absolute atomic E-state index is 11.6. The lowest BCUT2D eigenvalue weighted by Crippen LogP contribution is -2.26. The number of benzene rings is 1. The summed E-state index contributed by atoms with van der Waals surface area (Å²) in [6, 6.07) is 6.68. The summed E-state index contributed by atoms with van der Waals surface area (Å²) < 4.78 is 5.50. The molecule has 1 aromatic carbocycles. The third-order valence-corrected chi connectivity index (χ3v) is 2.32. The molecule has 0 amide bonds. The minimum absolute atomic E-state index is 0.0416. The number of unbranched alkanes of at least 4 members (excludes halogenated alkanes) is 1. The molecule has 0 fully saturated rings. The van der Waals surface area contributed by atoms with Gasteiger partial charge in [-0.1, -0.05) is 13.3 Å². The highest BCUT2D eigenvalue weighted by Gasteiger charge is 2.10. The number of hydrogen-bond acceptors (Lipinski definition) is 3. The van der Waals surface area contributed by atoms with Gasteiger partial charge in [0.05, 0.1) is 12.6 Å². The van der Waals surface area contributed by atoms with Crippen LogP contribution < -0.4 is 10.5 Å². The number of nitrogens with two attached hydrogens (primary N) is 1. The van der Waals surface area contributed by atoms with Crippen LogP contribution in [0.3, 0.4) is 0 Å². The molecular formula is C13H19NO2. The van der Waals surface area contributed by atoms with Crippen LogP contribution in [-0.2, 0) is 0 Å². The van der Waals surface area contributed by atoms with Crippen molar-refractivity contribution in [2.24, 2.45) is 5.73 Å². The van der Waals surface area contributed by atoms with Crippen LogP contribution >= 0.6 is 0 Å². The zero-order chi connectivity index (χ0) is 12.0. The van der Waals surface area contributed by atoms with Gasteiger partial charge in [0.15, 0.2) is 5.78 Å². The van der Waals surface area contributed by atoms with Crippen molar-refractivity contribution in [3.05, 3.63) is 29.8 Å². The Labute approximate surface area is 96.6 Å². The van der Waals surface area contributed by atoms with Crippen molar-refractivity contribution < 1.29 is 9.53 Å². The molecule has 0 spiro atoms. The van der Waals surface area contributed by atoms with Crippen LogP contribution in [0.1, 0.15) is 37.0 Å². The first kappa shape index (κ1) is 12.7. The van der Waals surface area contributed by atoms with Crippen LogP contribution in [0.2, 0.25) is 0 Å². The van der Waals surface area contributed by atoms with E-state index in [0.717, 1.165) is 25.2 Å². The van der Waals surface area contributed by atoms with E-state index in [4.69, 9.17) is 10.5 Å². The largest absolute Gasteiger partial charge is 0.494 e. The molecule has 2 N–H and O–H groups in total. The summed E-state index contributed by atoms with van der Waals surface area (Å²) in [5.74, 6) is 0.759. The van der Waals surface area contributed by atoms with Crippen LogP contribution in [0, 0.1) is 0 Å². The lowest BCUT2D eigenvalue weighted by atomic mass is 10.1. The molecule has 0 aliphatic heterocycles. The molecule has 0 saturated carbocycles. The smallest absolute Gasteiger partial charge is 0.179 e. The molecule has 0 saturated heterocycles. The number of ketones is 1. The second-order valence-electron chi connectivity index (χ2n) is 3.88. The third-order valence-electron chi connectivity index (χ3n) is 2.32. The average molecular weight is 221 g/mol. The molecule has 1 atom stereocenters. The van der Waals surface area contributed by atoms with Gasteiger partial charge in [0.25, 0.3) is 0 Å². The molecular weight excluding hydrogens is 202 g/mol. The second-order valence-corrected chi connectivity index (χ2v) is 3.88. The Morgan fingerprint density at radius 3 is 2.50 bits per heavy atom. The van der Waals surface area contributed by atoms with Crippen LogP contribution in [0.15, 0.2) is 24.3 Å². The van der Waals surface area contributed by atoms with Crippen molar-refractivity contribution in [2.75, 3.05) is 6.61 Å². The van der Waals surface area contributed by atoms with E-state index in [1.54, 1.807) is 19.1 Å². The van der Waals surface area contributed by atoms with Gasteiger partial charge in [-0.25, -0.2) is 0 Å². The third kappa shape index (κ3) is 3.66. The van der Waals surface area contributed by atoms with E-state index >= 15 is 0 Å². The lowest BCUT2D eigenvalue weighted by molar-refractivity contribution is 0.0968. The van der Waals surface area contributed by atoms with Crippen molar-refractivity contribution >= 4 is 5.78 Å². The van der Waals surface area contributed by atoms with E-state index in [1.807, 2.05) is 12.1 Å². The quantitative estimate of drug-likeness (QED) is 0.592. The minimum atomic E-state index is -0.452. The summed E-state index contributed by atoms with van der Waals surface area (Å²) in [6.45, 7) is 4.53. The molecule has 0 aromatic heterocycles. The maximum atomic E-state index is 11.6. The molecule has 0 aliphatic rings. The molecule has 0 heterocycles. The molecule has 3 nitrogen and oxygen atoms in total. The highest BCUT2D eigenvalue weighted by Crippen LogP contribution is 2.13. The van der Waals surface area contributed by atoms with Gasteiger partial charge < -0.3 is 10.5 Å². The van der Waals surface area contributed by atoms with Crippen LogP contribution in [0.5, 0.6) is 5.75 Å². The normalized spacial score (nSPS) is 12.2. The van der Waals surface area contributed by atoms with Gasteiger partial charge in [-0.2, -0.15) is 0 Å². The Morgan fingerprint density at radius 1 is 1.38 bits per heavy atom. The zero-order valence-electron chi connectivity index (χ0n) is 9.90. The highest BCUT2D eigenvalue weighted by molar-refractivity contribution is 5.99. The Bertz CT molecular complexity index is 330. The molecule has 0 radical (unpaired) electrons. The molecule has 1 unspecified atom stereocenters. The van der Waals surface area contributed by atoms with Crippen molar-refractivity contribution in [3.8, 4) is 5.75 Å². The SMILES string of the molecule is CCCCOc1ccc(C(=O)C(C)N)cc1. The number of Topliss-reactive ketones (excluding diaryl/α,β-unsaturated/α-hetero) is 1. The molecule has 0 bridgehead atoms. The molecule has 16 heavy (non-hydrogen) atoms. The molecule has 1 aromatic rings. The Kier molecular flexibility index (Phi) is 4.99. The second kappa shape index (κ2) is 6.28. The van der Waals surface area contributed by atoms with Gasteiger partial charge in [0.2, 0.25) is 0 Å². The molecule has 88 valence electrons. The predicted octanol–water partition coefficient (Wildman–Crippen LogP) is 2.40. The van der Waals surface area contributed by atoms with E-state index in [0.29, 0.717) is 5.56 Å². The monoisotopic (exact) mass is 221 g/mol. The summed E-state index contributed by atoms with van der Waals surface area (Å²) in [5.41, 5.74) is 6.16. The van der Waals surface area contributed by atoms with Crippen molar-refractivity contribution in [3.63, 3.8) is 0 Å². The zero-order valence-corrected chi connectivity index (χ0v) is 9.90. The highest BCUT2D eigenvalue weighted by atomic mass is 16.5. The topological polar surface area (TPSA) is 52.3 Å². The van der Waals surface area contributed by atoms with Gasteiger partial charge in [-0.3, -0.25) is 4.79 Å². The number of ether oxygens (including phenoxy) is 1. The number of carbonyl (C=O) groups is 1.